The Balaban J connectivity index is 0.000000334. The molecule has 8 heterocycles. The van der Waals surface area contributed by atoms with E-state index in [1.54, 1.807) is 19.1 Å². The van der Waals surface area contributed by atoms with Gasteiger partial charge in [0, 0.05) is 31.2 Å². The summed E-state index contributed by atoms with van der Waals surface area (Å²) in [7, 11) is 4.49. The molecule has 0 amide bonds. The topological polar surface area (TPSA) is 218 Å². The number of nitrogens with one attached hydrogen (secondary N) is 1. The van der Waals surface area contributed by atoms with Crippen LogP contribution in [0.15, 0.2) is 52.7 Å². The van der Waals surface area contributed by atoms with Crippen LogP contribution in [0.25, 0.3) is 0 Å². The number of nitrogens with zero attached hydrogens (tertiary/aromatic N) is 3. The highest BCUT2D eigenvalue weighted by molar-refractivity contribution is 7.12. The van der Waals surface area contributed by atoms with Crippen LogP contribution in [0.5, 0.6) is 0 Å². The van der Waals surface area contributed by atoms with Gasteiger partial charge in [-0.2, -0.15) is 31.4 Å². The Labute approximate surface area is 456 Å². The predicted octanol–water partition coefficient (Wildman–Crippen LogP) is 5.03. The summed E-state index contributed by atoms with van der Waals surface area (Å²) in [5, 5.41) is 55.8. The molecule has 15 nitrogen and oxygen atoms in total. The molecular weight excluding hydrogens is 1180 g/mol. The number of esters is 2. The summed E-state index contributed by atoms with van der Waals surface area (Å²) in [6.07, 6.45) is 7.81. The number of aromatic amines is 1. The first kappa shape index (κ1) is 66.2. The number of halogens is 12. The van der Waals surface area contributed by atoms with Crippen molar-refractivity contribution in [2.45, 2.75) is 129 Å². The lowest BCUT2D eigenvalue weighted by atomic mass is 9.77. The lowest BCUT2D eigenvalue weighted by Crippen LogP contribution is -3.00. The Hall–Kier alpha value is -1.88. The number of hydrogen-bond donors (Lipinski definition) is 7. The lowest BCUT2D eigenvalue weighted by molar-refractivity contribution is -0.938. The van der Waals surface area contributed by atoms with Gasteiger partial charge in [0.2, 0.25) is 11.4 Å². The summed E-state index contributed by atoms with van der Waals surface area (Å²) in [6, 6.07) is 8.80. The monoisotopic (exact) mass is 1240 g/mol. The second-order valence-electron chi connectivity index (χ2n) is 17.3. The molecule has 72 heavy (non-hydrogen) atoms. The van der Waals surface area contributed by atoms with Crippen molar-refractivity contribution in [2.24, 2.45) is 5.92 Å². The van der Waals surface area contributed by atoms with E-state index in [0.717, 1.165) is 29.3 Å². The van der Waals surface area contributed by atoms with E-state index in [0.29, 0.717) is 34.0 Å². The number of aromatic nitrogens is 2. The van der Waals surface area contributed by atoms with E-state index in [1.165, 1.54) is 79.1 Å². The van der Waals surface area contributed by atoms with Gasteiger partial charge in [0.25, 0.3) is 0 Å². The van der Waals surface area contributed by atoms with Crippen LogP contribution in [0, 0.1) is 5.92 Å². The number of carbonyl (C=O) groups excluding carboxylic acids is 2. The molecule has 29 heteroatoms. The maximum atomic E-state index is 13.1. The first-order chi connectivity index (χ1) is 32.5. The number of alkyl halides is 10. The normalized spacial score (nSPS) is 26.0. The van der Waals surface area contributed by atoms with E-state index in [9.17, 15) is 41.0 Å². The fourth-order valence-electron chi connectivity index (χ4n) is 9.14. The Morgan fingerprint density at radius 1 is 0.972 bits per heavy atom. The molecule has 6 aliphatic rings. The Bertz CT molecular complexity index is 2090. The summed E-state index contributed by atoms with van der Waals surface area (Å²) in [5.41, 5.74) is 1.15. The van der Waals surface area contributed by atoms with E-state index >= 15 is 0 Å². The zero-order valence-corrected chi connectivity index (χ0v) is 46.0. The van der Waals surface area contributed by atoms with Crippen molar-refractivity contribution >= 4 is 93.4 Å². The second-order valence-corrected chi connectivity index (χ2v) is 21.3. The SMILES string of the molecule is CCCN1CCC[C@@H]2Cc3[nH]ncc3C[C@H]21.CCO.C[N+]1(C)[C@@H]2CC(OC(=O)C(O)(c3cccs3)c3cccs3)C[C@H]1[C@@H]1O[C@@H]12.Cl.FC(F)(Cl)C(F)(F)Cl.FC(F)(Cl)Cl.O=C1O[C@H]([C@@H](O)CO)C(O)=C1O.[Br-]. The third-order valence-electron chi connectivity index (χ3n) is 12.4. The zero-order valence-electron chi connectivity index (χ0n) is 39.0. The average Bonchev–Trinajstić information content (AvgIpc) is 3.81. The summed E-state index contributed by atoms with van der Waals surface area (Å²) >= 11 is 18.3. The molecule has 7 N–H and O–H groups in total. The van der Waals surface area contributed by atoms with Crippen molar-refractivity contribution in [1.29, 1.82) is 0 Å². The van der Waals surface area contributed by atoms with Gasteiger partial charge in [-0.15, -0.1) is 35.1 Å². The highest BCUT2D eigenvalue weighted by Gasteiger charge is 2.71. The van der Waals surface area contributed by atoms with Gasteiger partial charge in [-0.05, 0) is 133 Å². The molecule has 3 aromatic rings. The van der Waals surface area contributed by atoms with Crippen LogP contribution in [0.2, 0.25) is 0 Å². The molecule has 9 rings (SSSR count). The van der Waals surface area contributed by atoms with Crippen molar-refractivity contribution in [2.75, 3.05) is 40.4 Å². The third kappa shape index (κ3) is 17.1. The molecule has 0 spiro atoms. The van der Waals surface area contributed by atoms with E-state index in [2.05, 4.69) is 87.3 Å². The molecule has 412 valence electrons. The van der Waals surface area contributed by atoms with Gasteiger partial charge in [0.1, 0.15) is 36.5 Å². The Kier molecular flexibility index (Phi) is 25.7. The molecule has 4 saturated heterocycles. The fraction of sp³-hybridized carbons (Fsp3) is 0.651. The summed E-state index contributed by atoms with van der Waals surface area (Å²) in [4.78, 5) is 24.0. The van der Waals surface area contributed by atoms with Crippen LogP contribution in [0.3, 0.4) is 0 Å². The van der Waals surface area contributed by atoms with Gasteiger partial charge in [-0.1, -0.05) is 19.1 Å². The fourth-order valence-corrected chi connectivity index (χ4v) is 10.9. The van der Waals surface area contributed by atoms with Crippen LogP contribution >= 0.6 is 81.5 Å². The molecule has 0 saturated carbocycles. The number of piperidine rings is 2. The number of morpholine rings is 1. The smallest absolute Gasteiger partial charge is 0.401 e. The van der Waals surface area contributed by atoms with Crippen molar-refractivity contribution in [3.8, 4) is 0 Å². The van der Waals surface area contributed by atoms with E-state index in [1.807, 2.05) is 29.1 Å². The molecule has 1 unspecified atom stereocenters. The van der Waals surface area contributed by atoms with Crippen molar-refractivity contribution < 1.29 is 102 Å². The number of H-pyrrole nitrogens is 1. The van der Waals surface area contributed by atoms with Crippen LogP contribution in [0.4, 0.5) is 26.3 Å². The number of likely N-dealkylation sites (N-methyl/N-ethyl adjacent to an activating group) is 1. The highest BCUT2D eigenvalue weighted by Crippen LogP contribution is 2.52. The number of quaternary nitrogens is 1. The zero-order chi connectivity index (χ0) is 52.6. The standard InChI is InChI=1S/C19H22NO4S2.C13H21N3.C6H8O6.C2Cl2F4.C2H6O.CCl2F2.BrH.ClH/c1-20(2)12-9-11(10-13(20)17-16(12)24-17)23-18(21)19(22,14-5-3-7-25-14)15-6-4-8-26-15;1-2-5-16-6-3-4-10-7-12-11(8-13(10)16)9-14-15-12;7-1-2(8)5-3(9)4(10)6(11)12-5;3-1(5,6)2(4,7)8;1-2-3;2-1(3,4)5;;/h3-8,11-13,16-17,22H,9-10H2,1-2H3;9-10,13H,2-8H2,1H3,(H,14,15);2,5,7-10H,1H2;;3H,2H2,1H3;;2*1H/q+1;;;;;;;/p-1/t11?,12-,13+,16-,17+;10-,13-;2-,5+;;;;;/m.10...../s1. The number of likely N-dealkylation sites (tertiary alicyclic amines) is 1. The van der Waals surface area contributed by atoms with Crippen molar-refractivity contribution in [3.05, 3.63) is 73.8 Å². The number of cyclic esters (lactones) is 1. The molecule has 9 atom stereocenters. The molecule has 0 radical (unpaired) electrons. The van der Waals surface area contributed by atoms with Crippen LogP contribution in [0.1, 0.15) is 67.0 Å². The molecule has 4 fully saturated rings. The van der Waals surface area contributed by atoms with Gasteiger partial charge >= 0.3 is 27.5 Å². The van der Waals surface area contributed by atoms with Gasteiger partial charge in [0.15, 0.2) is 11.9 Å². The first-order valence-corrected chi connectivity index (χ1v) is 25.2. The number of fused-ring (bicyclic) bond motifs is 7. The number of carbonyl (C=O) groups is 2. The van der Waals surface area contributed by atoms with Crippen LogP contribution in [-0.2, 0) is 42.2 Å². The minimum absolute atomic E-state index is 0. The van der Waals surface area contributed by atoms with Crippen molar-refractivity contribution in [1.82, 2.24) is 15.1 Å². The maximum absolute atomic E-state index is 13.1. The number of aliphatic hydroxyl groups is 6. The predicted molar refractivity (Wildman–Crippen MR) is 257 cm³/mol. The largest absolute Gasteiger partial charge is 1.00 e. The number of rotatable bonds is 9. The molecule has 2 bridgehead atoms. The minimum Gasteiger partial charge on any atom is -1.00 e. The quantitative estimate of drug-likeness (QED) is 0.0493. The van der Waals surface area contributed by atoms with Gasteiger partial charge in [-0.3, -0.25) is 10.00 Å². The average molecular weight is 1240 g/mol. The van der Waals surface area contributed by atoms with E-state index in [-0.39, 0.29) is 42.1 Å². The van der Waals surface area contributed by atoms with E-state index in [4.69, 9.17) is 35.0 Å². The Morgan fingerprint density at radius 3 is 1.90 bits per heavy atom. The summed E-state index contributed by atoms with van der Waals surface area (Å²) in [5.74, 6) is -2.47. The maximum Gasteiger partial charge on any atom is 0.401 e. The van der Waals surface area contributed by atoms with Crippen molar-refractivity contribution in [3.63, 3.8) is 0 Å². The molecular formula is C43H58BrCl5F6N4O11S2. The third-order valence-corrected chi connectivity index (χ3v) is 14.9. The lowest BCUT2D eigenvalue weighted by Gasteiger charge is -2.45. The van der Waals surface area contributed by atoms with Crippen LogP contribution in [-0.4, -0.2) is 167 Å². The molecule has 1 aliphatic carbocycles. The second kappa shape index (κ2) is 28.0. The van der Waals surface area contributed by atoms with Gasteiger partial charge < -0.3 is 66.3 Å². The number of epoxide rings is 1. The highest BCUT2D eigenvalue weighted by atomic mass is 79.9. The van der Waals surface area contributed by atoms with Crippen LogP contribution < -0.4 is 17.0 Å². The molecule has 3 aromatic heterocycles. The first-order valence-electron chi connectivity index (χ1n) is 21.9. The number of hydrogen-bond acceptors (Lipinski definition) is 15. The number of thiophene rings is 2. The Morgan fingerprint density at radius 2 is 1.49 bits per heavy atom. The van der Waals surface area contributed by atoms with Gasteiger partial charge in [0.05, 0.1) is 36.7 Å². The number of aliphatic hydroxyl groups excluding tert-OH is 5. The summed E-state index contributed by atoms with van der Waals surface area (Å²) < 4.78 is 82.5. The molecule has 0 aromatic carbocycles. The summed E-state index contributed by atoms with van der Waals surface area (Å²) in [6.45, 7) is 6.13. The van der Waals surface area contributed by atoms with E-state index < -0.39 is 63.5 Å². The minimum atomic E-state index is -4.66. The number of ether oxygens (including phenoxy) is 3. The van der Waals surface area contributed by atoms with Gasteiger partial charge in [-0.25, -0.2) is 9.59 Å². The molecule has 5 aliphatic heterocycles.